The van der Waals surface area contributed by atoms with E-state index in [0.717, 1.165) is 51.4 Å². The molecule has 0 N–H and O–H groups in total. The molecule has 6 heteroatoms. The van der Waals surface area contributed by atoms with Crippen molar-refractivity contribution in [3.63, 3.8) is 0 Å². The summed E-state index contributed by atoms with van der Waals surface area (Å²) in [6.07, 6.45) is 66.0. The molecule has 0 aliphatic heterocycles. The molecule has 0 heterocycles. The van der Waals surface area contributed by atoms with Gasteiger partial charge in [0.1, 0.15) is 0 Å². The van der Waals surface area contributed by atoms with E-state index in [-0.39, 0.29) is 17.9 Å². The number of rotatable bonds is 45. The van der Waals surface area contributed by atoms with Crippen molar-refractivity contribution in [3.05, 3.63) is 36.5 Å². The summed E-state index contributed by atoms with van der Waals surface area (Å²) in [5, 5.41) is 0. The van der Waals surface area contributed by atoms with Gasteiger partial charge < -0.3 is 14.2 Å². The maximum absolute atomic E-state index is 10.9. The van der Waals surface area contributed by atoms with Gasteiger partial charge in [0, 0.05) is 19.3 Å². The van der Waals surface area contributed by atoms with Gasteiger partial charge in [-0.2, -0.15) is 0 Å². The fourth-order valence-electron chi connectivity index (χ4n) is 7.33. The number of hydrogen-bond donors (Lipinski definition) is 0. The first-order valence-corrected chi connectivity index (χ1v) is 27.1. The molecule has 0 aromatic rings. The number of esters is 3. The van der Waals surface area contributed by atoms with Crippen LogP contribution in [0.25, 0.3) is 0 Å². The molecule has 0 fully saturated rings. The maximum atomic E-state index is 10.9. The van der Waals surface area contributed by atoms with Gasteiger partial charge in [0.15, 0.2) is 0 Å². The van der Waals surface area contributed by atoms with Crippen LogP contribution in [0.4, 0.5) is 0 Å². The highest BCUT2D eigenvalue weighted by atomic mass is 16.5. The van der Waals surface area contributed by atoms with Gasteiger partial charge in [0.05, 0.1) is 21.3 Å². The SMILES string of the molecule is CCCCCCCC/C=C/CCCCCCCC(=O)OC.CCCCCCCC/C=C\CCCCCCCC.COC(=O)CCCCCCC/C=C/CCCCCCCC(=O)OC. The van der Waals surface area contributed by atoms with E-state index in [1.165, 1.54) is 220 Å². The van der Waals surface area contributed by atoms with Crippen LogP contribution in [0, 0.1) is 0 Å². The topological polar surface area (TPSA) is 78.9 Å². The molecule has 0 unspecified atom stereocenters. The molecular formula is C57H108O6. The Bertz CT molecular complexity index is 935. The van der Waals surface area contributed by atoms with E-state index < -0.39 is 0 Å². The average molecular weight is 889 g/mol. The number of allylic oxidation sites excluding steroid dienone is 6. The second-order valence-electron chi connectivity index (χ2n) is 17.7. The van der Waals surface area contributed by atoms with Gasteiger partial charge in [-0.3, -0.25) is 14.4 Å². The maximum Gasteiger partial charge on any atom is 0.305 e. The molecule has 0 radical (unpaired) electrons. The zero-order valence-electron chi connectivity index (χ0n) is 43.1. The Morgan fingerprint density at radius 2 is 0.413 bits per heavy atom. The number of unbranched alkanes of at least 4 members (excludes halogenated alkanes) is 33. The summed E-state index contributed by atoms with van der Waals surface area (Å²) < 4.78 is 13.9. The monoisotopic (exact) mass is 889 g/mol. The lowest BCUT2D eigenvalue weighted by Crippen LogP contribution is -1.99. The summed E-state index contributed by atoms with van der Waals surface area (Å²) in [4.78, 5) is 32.8. The van der Waals surface area contributed by atoms with Gasteiger partial charge >= 0.3 is 17.9 Å². The predicted octanol–water partition coefficient (Wildman–Crippen LogP) is 18.6. The second-order valence-corrected chi connectivity index (χ2v) is 17.7. The van der Waals surface area contributed by atoms with E-state index in [9.17, 15) is 14.4 Å². The molecule has 6 nitrogen and oxygen atoms in total. The third-order valence-electron chi connectivity index (χ3n) is 11.6. The molecule has 63 heavy (non-hydrogen) atoms. The Balaban J connectivity index is -0.000000866. The number of methoxy groups -OCH3 is 3. The predicted molar refractivity (Wildman–Crippen MR) is 274 cm³/mol. The van der Waals surface area contributed by atoms with Crippen LogP contribution in [0.3, 0.4) is 0 Å². The molecule has 0 bridgehead atoms. The highest BCUT2D eigenvalue weighted by Crippen LogP contribution is 2.13. The quantitative estimate of drug-likeness (QED) is 0.0262. The minimum absolute atomic E-state index is 0.0763. The van der Waals surface area contributed by atoms with Crippen molar-refractivity contribution in [1.82, 2.24) is 0 Å². The minimum Gasteiger partial charge on any atom is -0.469 e. The number of ether oxygens (including phenoxy) is 3. The van der Waals surface area contributed by atoms with Crippen LogP contribution in [0.5, 0.6) is 0 Å². The summed E-state index contributed by atoms with van der Waals surface area (Å²) >= 11 is 0. The molecule has 0 amide bonds. The summed E-state index contributed by atoms with van der Waals surface area (Å²) in [7, 11) is 4.35. The third kappa shape index (κ3) is 66.4. The average Bonchev–Trinajstić information content (AvgIpc) is 3.30. The van der Waals surface area contributed by atoms with E-state index in [1.54, 1.807) is 0 Å². The summed E-state index contributed by atoms with van der Waals surface area (Å²) in [6, 6.07) is 0. The van der Waals surface area contributed by atoms with Crippen LogP contribution in [-0.2, 0) is 28.6 Å². The molecule has 0 aliphatic rings. The molecule has 0 aliphatic carbocycles. The summed E-state index contributed by atoms with van der Waals surface area (Å²) in [6.45, 7) is 6.83. The molecular weight excluding hydrogens is 781 g/mol. The highest BCUT2D eigenvalue weighted by molar-refractivity contribution is 5.69. The minimum atomic E-state index is -0.0959. The van der Waals surface area contributed by atoms with E-state index in [1.807, 2.05) is 0 Å². The fourth-order valence-corrected chi connectivity index (χ4v) is 7.33. The van der Waals surface area contributed by atoms with Gasteiger partial charge in [0.25, 0.3) is 0 Å². The van der Waals surface area contributed by atoms with Crippen molar-refractivity contribution in [1.29, 1.82) is 0 Å². The first kappa shape index (κ1) is 64.9. The smallest absolute Gasteiger partial charge is 0.305 e. The van der Waals surface area contributed by atoms with Crippen LogP contribution in [0.15, 0.2) is 36.5 Å². The first-order valence-electron chi connectivity index (χ1n) is 27.1. The third-order valence-corrected chi connectivity index (χ3v) is 11.6. The molecule has 0 atom stereocenters. The van der Waals surface area contributed by atoms with Gasteiger partial charge in [-0.25, -0.2) is 0 Å². The van der Waals surface area contributed by atoms with Crippen LogP contribution >= 0.6 is 0 Å². The Kier molecular flexibility index (Phi) is 63.6. The second kappa shape index (κ2) is 61.7. The first-order chi connectivity index (χ1) is 30.9. The van der Waals surface area contributed by atoms with Crippen molar-refractivity contribution in [3.8, 4) is 0 Å². The van der Waals surface area contributed by atoms with Crippen molar-refractivity contribution >= 4 is 17.9 Å². The molecule has 0 rings (SSSR count). The van der Waals surface area contributed by atoms with Crippen LogP contribution in [0.1, 0.15) is 290 Å². The van der Waals surface area contributed by atoms with Gasteiger partial charge in [-0.1, -0.05) is 211 Å². The number of carbonyl (C=O) groups excluding carboxylic acids is 3. The van der Waals surface area contributed by atoms with Crippen LogP contribution in [-0.4, -0.2) is 39.2 Å². The normalized spacial score (nSPS) is 11.1. The zero-order valence-corrected chi connectivity index (χ0v) is 43.1. The van der Waals surface area contributed by atoms with E-state index in [0.29, 0.717) is 19.3 Å². The molecule has 0 aromatic heterocycles. The van der Waals surface area contributed by atoms with Crippen molar-refractivity contribution in [2.24, 2.45) is 0 Å². The Labute approximate surface area is 393 Å². The van der Waals surface area contributed by atoms with Crippen molar-refractivity contribution < 1.29 is 28.6 Å². The molecule has 372 valence electrons. The van der Waals surface area contributed by atoms with Gasteiger partial charge in [0.2, 0.25) is 0 Å². The standard InChI is InChI=1S/C20H36O4.C19H36O2.C18H36/c1-23-19(21)17-15-13-11-9-7-5-3-4-6-8-10-12-14-16-18-20(22)24-2;1-3-4-5-6-7-8-9-10-11-12-13-14-15-16-17-18-19(20)21-2;1-3-5-7-9-11-13-15-17-18-16-14-12-10-8-6-4-2/h3-4H,5-18H2,1-2H3;10-11H,3-9,12-18H2,1-2H3;17-18H,3-16H2,1-2H3/b4-3+;11-10+;18-17-. The Morgan fingerprint density at radius 1 is 0.254 bits per heavy atom. The van der Waals surface area contributed by atoms with E-state index >= 15 is 0 Å². The zero-order chi connectivity index (χ0) is 46.8. The number of hydrogen-bond acceptors (Lipinski definition) is 6. The van der Waals surface area contributed by atoms with Crippen LogP contribution < -0.4 is 0 Å². The van der Waals surface area contributed by atoms with Gasteiger partial charge in [-0.15, -0.1) is 0 Å². The van der Waals surface area contributed by atoms with Crippen molar-refractivity contribution in [2.75, 3.05) is 21.3 Å². The Morgan fingerprint density at radius 3 is 0.587 bits per heavy atom. The van der Waals surface area contributed by atoms with E-state index in [4.69, 9.17) is 0 Å². The van der Waals surface area contributed by atoms with E-state index in [2.05, 4.69) is 71.4 Å². The van der Waals surface area contributed by atoms with Gasteiger partial charge in [-0.05, 0) is 96.3 Å². The lowest BCUT2D eigenvalue weighted by molar-refractivity contribution is -0.141. The lowest BCUT2D eigenvalue weighted by atomic mass is 10.1. The molecule has 0 saturated carbocycles. The number of carbonyl (C=O) groups is 3. The van der Waals surface area contributed by atoms with Crippen LogP contribution in [0.2, 0.25) is 0 Å². The molecule has 0 aromatic carbocycles. The molecule has 0 saturated heterocycles. The fraction of sp³-hybridized carbons (Fsp3) is 0.842. The lowest BCUT2D eigenvalue weighted by Gasteiger charge is -2.00. The van der Waals surface area contributed by atoms with Crippen molar-refractivity contribution in [2.45, 2.75) is 290 Å². The summed E-state index contributed by atoms with van der Waals surface area (Å²) in [5.74, 6) is -0.268. The highest BCUT2D eigenvalue weighted by Gasteiger charge is 2.01. The Hall–Kier alpha value is -2.37. The largest absolute Gasteiger partial charge is 0.469 e. The summed E-state index contributed by atoms with van der Waals surface area (Å²) in [5.41, 5.74) is 0. The molecule has 0 spiro atoms.